The molecule has 0 fully saturated rings. The fraction of sp³-hybridized carbons (Fsp3) is 0.560. The van der Waals surface area contributed by atoms with Crippen molar-refractivity contribution in [2.75, 3.05) is 12.8 Å². The molecule has 0 radical (unpaired) electrons. The van der Waals surface area contributed by atoms with Gasteiger partial charge in [0.25, 0.3) is 0 Å². The Morgan fingerprint density at radius 2 is 1.65 bits per heavy atom. The van der Waals surface area contributed by atoms with Crippen LogP contribution in [0.1, 0.15) is 96.5 Å². The highest BCUT2D eigenvalue weighted by Crippen LogP contribution is 2.28. The van der Waals surface area contributed by atoms with Crippen molar-refractivity contribution in [2.24, 2.45) is 0 Å². The van der Waals surface area contributed by atoms with Gasteiger partial charge in [-0.2, -0.15) is 9.61 Å². The van der Waals surface area contributed by atoms with Crippen LogP contribution in [0.25, 0.3) is 16.4 Å². The van der Waals surface area contributed by atoms with E-state index in [0.717, 1.165) is 17.3 Å². The van der Waals surface area contributed by atoms with E-state index in [1.54, 1.807) is 13.2 Å². The van der Waals surface area contributed by atoms with E-state index >= 15 is 0 Å². The minimum atomic E-state index is 0.0108. The molecule has 31 heavy (non-hydrogen) atoms. The number of Topliss-reactive ketones (excluding diaryl/α,β-unsaturated/α-hetero) is 1. The van der Waals surface area contributed by atoms with Crippen molar-refractivity contribution in [2.45, 2.75) is 86.0 Å². The first kappa shape index (κ1) is 26.4. The fourth-order valence-electron chi connectivity index (χ4n) is 2.91. The number of aromatic nitrogens is 3. The molecule has 3 rings (SSSR count). The number of fused-ring (bicyclic) bond motifs is 3. The van der Waals surface area contributed by atoms with Crippen LogP contribution in [0.2, 0.25) is 0 Å². The molecule has 0 aliphatic rings. The summed E-state index contributed by atoms with van der Waals surface area (Å²) in [4.78, 5) is 16.4. The quantitative estimate of drug-likeness (QED) is 0.313. The molecule has 3 aromatic rings. The van der Waals surface area contributed by atoms with Gasteiger partial charge in [0.05, 0.1) is 12.6 Å². The van der Waals surface area contributed by atoms with E-state index in [2.05, 4.69) is 37.8 Å². The highest BCUT2D eigenvalue weighted by atomic mass is 16.5. The summed E-state index contributed by atoms with van der Waals surface area (Å²) in [7, 11) is 1.59. The predicted octanol–water partition coefficient (Wildman–Crippen LogP) is 6.85. The smallest absolute Gasteiger partial charge is 0.222 e. The lowest BCUT2D eigenvalue weighted by Crippen LogP contribution is -2.04. The molecule has 6 nitrogen and oxygen atoms in total. The average molecular weight is 429 g/mol. The maximum atomic E-state index is 12.0. The zero-order valence-electron chi connectivity index (χ0n) is 20.2. The summed E-state index contributed by atoms with van der Waals surface area (Å²) in [5, 5.41) is 5.13. The van der Waals surface area contributed by atoms with Crippen molar-refractivity contribution >= 4 is 28.2 Å². The number of unbranched alkanes of at least 4 members (excludes halogenated alkanes) is 4. The summed E-state index contributed by atoms with van der Waals surface area (Å²) in [6.07, 6.45) is 9.43. The zero-order chi connectivity index (χ0) is 23.2. The molecule has 0 spiro atoms. The van der Waals surface area contributed by atoms with Crippen LogP contribution in [0.5, 0.6) is 5.75 Å². The van der Waals surface area contributed by atoms with Gasteiger partial charge in [-0.1, -0.05) is 85.3 Å². The van der Waals surface area contributed by atoms with E-state index in [1.807, 2.05) is 25.1 Å². The van der Waals surface area contributed by atoms with Gasteiger partial charge in [0, 0.05) is 11.8 Å². The number of ether oxygens (including phenoxy) is 1. The van der Waals surface area contributed by atoms with Crippen molar-refractivity contribution < 1.29 is 9.53 Å². The Morgan fingerprint density at radius 1 is 1.00 bits per heavy atom. The van der Waals surface area contributed by atoms with Crippen LogP contribution in [0.3, 0.4) is 0 Å². The molecule has 0 saturated heterocycles. The van der Waals surface area contributed by atoms with Crippen LogP contribution in [-0.2, 0) is 0 Å². The topological polar surface area (TPSA) is 82.5 Å². The third-order valence-electron chi connectivity index (χ3n) is 4.87. The lowest BCUT2D eigenvalue weighted by Gasteiger charge is -2.07. The minimum Gasteiger partial charge on any atom is -0.494 e. The number of para-hydroxylation sites is 1. The van der Waals surface area contributed by atoms with Crippen LogP contribution < -0.4 is 10.5 Å². The first-order valence-corrected chi connectivity index (χ1v) is 11.6. The Labute approximate surface area is 187 Å². The number of rotatable bonds is 8. The van der Waals surface area contributed by atoms with Crippen LogP contribution in [0.15, 0.2) is 24.3 Å². The number of nitrogens with zero attached hydrogens (tertiary/aromatic N) is 3. The standard InChI is InChI=1S/C15H16N4O2.C6H14.C4H10/c1-3-5-12(20)10-8-11-9-6-4-7-13(21-2)14(9)17-15(16)19(11)18-10;1-3-5-6-4-2;1-3-4-2/h4,6-8H,3,5H2,1-2H3,(H2,16,17);3-6H2,1-2H3;3-4H2,1-2H3. The second kappa shape index (κ2) is 14.4. The summed E-state index contributed by atoms with van der Waals surface area (Å²) >= 11 is 0. The fourth-order valence-corrected chi connectivity index (χ4v) is 2.91. The number of benzene rings is 1. The van der Waals surface area contributed by atoms with Crippen molar-refractivity contribution in [3.63, 3.8) is 0 Å². The van der Waals surface area contributed by atoms with Gasteiger partial charge in [-0.25, -0.2) is 4.98 Å². The molecule has 2 N–H and O–H groups in total. The van der Waals surface area contributed by atoms with Gasteiger partial charge in [0.15, 0.2) is 5.78 Å². The molecule has 1 aromatic carbocycles. The first-order valence-electron chi connectivity index (χ1n) is 11.6. The van der Waals surface area contributed by atoms with Gasteiger partial charge in [-0.05, 0) is 18.6 Å². The number of carbonyl (C=O) groups excluding carboxylic acids is 1. The molecule has 0 aliphatic heterocycles. The lowest BCUT2D eigenvalue weighted by atomic mass is 10.1. The van der Waals surface area contributed by atoms with Crippen LogP contribution in [0, 0.1) is 0 Å². The molecular weight excluding hydrogens is 388 g/mol. The second-order valence-corrected chi connectivity index (χ2v) is 7.53. The van der Waals surface area contributed by atoms with Crippen molar-refractivity contribution in [1.82, 2.24) is 14.6 Å². The molecule has 2 aromatic heterocycles. The normalized spacial score (nSPS) is 10.3. The molecule has 172 valence electrons. The van der Waals surface area contributed by atoms with E-state index in [4.69, 9.17) is 10.5 Å². The highest BCUT2D eigenvalue weighted by Gasteiger charge is 2.15. The monoisotopic (exact) mass is 428 g/mol. The summed E-state index contributed by atoms with van der Waals surface area (Å²) < 4.78 is 6.81. The third kappa shape index (κ3) is 7.53. The van der Waals surface area contributed by atoms with E-state index in [0.29, 0.717) is 23.4 Å². The Kier molecular flexibility index (Phi) is 12.3. The number of methoxy groups -OCH3 is 1. The number of anilines is 1. The lowest BCUT2D eigenvalue weighted by molar-refractivity contribution is 0.0976. The Hall–Kier alpha value is -2.63. The molecule has 6 heteroatoms. The van der Waals surface area contributed by atoms with E-state index in [1.165, 1.54) is 43.0 Å². The number of hydrogen-bond donors (Lipinski definition) is 1. The summed E-state index contributed by atoms with van der Waals surface area (Å²) in [6, 6.07) is 7.37. The molecular formula is C25H40N4O2. The Morgan fingerprint density at radius 3 is 2.16 bits per heavy atom. The van der Waals surface area contributed by atoms with Gasteiger partial charge >= 0.3 is 0 Å². The minimum absolute atomic E-state index is 0.0108. The van der Waals surface area contributed by atoms with E-state index in [9.17, 15) is 4.79 Å². The Balaban J connectivity index is 0.000000405. The van der Waals surface area contributed by atoms with Crippen LogP contribution in [-0.4, -0.2) is 27.5 Å². The van der Waals surface area contributed by atoms with Crippen molar-refractivity contribution in [1.29, 1.82) is 0 Å². The maximum Gasteiger partial charge on any atom is 0.222 e. The highest BCUT2D eigenvalue weighted by molar-refractivity contribution is 6.01. The predicted molar refractivity (Wildman–Crippen MR) is 131 cm³/mol. The summed E-state index contributed by atoms with van der Waals surface area (Å²) in [5.41, 5.74) is 7.80. The molecule has 0 atom stereocenters. The summed E-state index contributed by atoms with van der Waals surface area (Å²) in [6.45, 7) is 10.8. The summed E-state index contributed by atoms with van der Waals surface area (Å²) in [5.74, 6) is 0.888. The van der Waals surface area contributed by atoms with Gasteiger partial charge in [-0.3, -0.25) is 4.79 Å². The Bertz CT molecular complexity index is 928. The number of hydrogen-bond acceptors (Lipinski definition) is 5. The van der Waals surface area contributed by atoms with Gasteiger partial charge in [-0.15, -0.1) is 0 Å². The third-order valence-corrected chi connectivity index (χ3v) is 4.87. The van der Waals surface area contributed by atoms with Crippen LogP contribution >= 0.6 is 0 Å². The molecule has 0 aliphatic carbocycles. The largest absolute Gasteiger partial charge is 0.494 e. The number of nitrogen functional groups attached to an aromatic ring is 1. The first-order chi connectivity index (χ1) is 15.0. The van der Waals surface area contributed by atoms with Crippen molar-refractivity contribution in [3.05, 3.63) is 30.0 Å². The van der Waals surface area contributed by atoms with Gasteiger partial charge in [0.2, 0.25) is 5.95 Å². The van der Waals surface area contributed by atoms with E-state index in [-0.39, 0.29) is 11.7 Å². The number of carbonyl (C=O) groups is 1. The molecule has 0 saturated carbocycles. The zero-order valence-corrected chi connectivity index (χ0v) is 20.2. The van der Waals surface area contributed by atoms with Crippen molar-refractivity contribution in [3.8, 4) is 5.75 Å². The molecule has 0 unspecified atom stereocenters. The molecule has 2 heterocycles. The van der Waals surface area contributed by atoms with Crippen LogP contribution in [0.4, 0.5) is 5.95 Å². The second-order valence-electron chi connectivity index (χ2n) is 7.53. The number of nitrogens with two attached hydrogens (primary N) is 1. The molecule has 0 bridgehead atoms. The van der Waals surface area contributed by atoms with Gasteiger partial charge < -0.3 is 10.5 Å². The maximum absolute atomic E-state index is 12.0. The SMILES string of the molecule is CCCC.CCCC(=O)c1cc2c3cccc(OC)c3nc(N)n2n1.CCCCCC. The number of ketones is 1. The van der Waals surface area contributed by atoms with E-state index < -0.39 is 0 Å². The molecule has 0 amide bonds. The van der Waals surface area contributed by atoms with Gasteiger partial charge in [0.1, 0.15) is 17.0 Å². The average Bonchev–Trinajstić information content (AvgIpc) is 3.25.